The number of ether oxygens (including phenoxy) is 1. The summed E-state index contributed by atoms with van der Waals surface area (Å²) in [4.78, 5) is 33.2. The highest BCUT2D eigenvalue weighted by molar-refractivity contribution is 6.36. The minimum atomic E-state index is -0.272. The third-order valence-electron chi connectivity index (χ3n) is 7.29. The standard InChI is InChI=1S/C26H34ClN5O3/c1-29-17-20(27)24-25(29)26(34)28-21-8-3-4-9-22(21)32(24)23(33)10-7-13-31-14-15-35-18-19(31)16-30-11-5-2-6-12-30/h3-4,8-9,17,19H,2,5-7,10-16,18H2,1H3,(H,28,34). The lowest BCUT2D eigenvalue weighted by molar-refractivity contribution is -0.118. The van der Waals surface area contributed by atoms with Gasteiger partial charge in [0.1, 0.15) is 5.69 Å². The van der Waals surface area contributed by atoms with Crippen molar-refractivity contribution in [1.82, 2.24) is 14.4 Å². The Hall–Kier alpha value is -2.39. The van der Waals surface area contributed by atoms with Crippen LogP contribution in [0, 0.1) is 0 Å². The predicted octanol–water partition coefficient (Wildman–Crippen LogP) is 3.88. The number of morpholine rings is 1. The fraction of sp³-hybridized carbons (Fsp3) is 0.538. The summed E-state index contributed by atoms with van der Waals surface area (Å²) in [5.74, 6) is -0.338. The molecule has 5 rings (SSSR count). The Balaban J connectivity index is 1.30. The smallest absolute Gasteiger partial charge is 0.274 e. The second-order valence-corrected chi connectivity index (χ2v) is 10.1. The van der Waals surface area contributed by atoms with Crippen molar-refractivity contribution in [3.8, 4) is 0 Å². The second-order valence-electron chi connectivity index (χ2n) is 9.72. The van der Waals surface area contributed by atoms with Gasteiger partial charge in [0.15, 0.2) is 0 Å². The van der Waals surface area contributed by atoms with Crippen LogP contribution in [0.25, 0.3) is 0 Å². The van der Waals surface area contributed by atoms with Crippen LogP contribution < -0.4 is 10.2 Å². The molecule has 2 amide bonds. The fourth-order valence-corrected chi connectivity index (χ4v) is 5.85. The van der Waals surface area contributed by atoms with E-state index in [9.17, 15) is 9.59 Å². The Morgan fingerprint density at radius 1 is 1.17 bits per heavy atom. The molecular weight excluding hydrogens is 466 g/mol. The number of fused-ring (bicyclic) bond motifs is 2. The van der Waals surface area contributed by atoms with Crippen molar-refractivity contribution in [3.05, 3.63) is 41.2 Å². The molecule has 0 aliphatic carbocycles. The molecule has 1 aromatic carbocycles. The minimum absolute atomic E-state index is 0.0656. The van der Waals surface area contributed by atoms with Gasteiger partial charge in [-0.1, -0.05) is 30.2 Å². The Morgan fingerprint density at radius 3 is 2.80 bits per heavy atom. The molecule has 3 aliphatic heterocycles. The summed E-state index contributed by atoms with van der Waals surface area (Å²) >= 11 is 6.55. The summed E-state index contributed by atoms with van der Waals surface area (Å²) in [6.45, 7) is 6.60. The van der Waals surface area contributed by atoms with E-state index in [2.05, 4.69) is 15.1 Å². The first kappa shape index (κ1) is 24.3. The number of rotatable bonds is 6. The topological polar surface area (TPSA) is 70.0 Å². The summed E-state index contributed by atoms with van der Waals surface area (Å²) in [6, 6.07) is 7.74. The summed E-state index contributed by atoms with van der Waals surface area (Å²) < 4.78 is 7.47. The zero-order valence-corrected chi connectivity index (χ0v) is 21.1. The van der Waals surface area contributed by atoms with Crippen LogP contribution in [-0.4, -0.2) is 78.2 Å². The molecule has 1 aromatic heterocycles. The lowest BCUT2D eigenvalue weighted by atomic mass is 10.1. The average Bonchev–Trinajstić information content (AvgIpc) is 3.07. The molecule has 1 N–H and O–H groups in total. The van der Waals surface area contributed by atoms with Crippen LogP contribution >= 0.6 is 11.6 Å². The number of halogens is 1. The van der Waals surface area contributed by atoms with Gasteiger partial charge in [0, 0.05) is 38.8 Å². The van der Waals surface area contributed by atoms with E-state index in [-0.39, 0.29) is 11.8 Å². The van der Waals surface area contributed by atoms with Gasteiger partial charge in [-0.15, -0.1) is 0 Å². The normalized spacial score (nSPS) is 21.3. The van der Waals surface area contributed by atoms with E-state index in [1.807, 2.05) is 24.3 Å². The van der Waals surface area contributed by atoms with E-state index >= 15 is 0 Å². The van der Waals surface area contributed by atoms with Crippen LogP contribution in [0.2, 0.25) is 5.02 Å². The number of para-hydroxylation sites is 2. The van der Waals surface area contributed by atoms with E-state index in [0.717, 1.165) is 39.3 Å². The quantitative estimate of drug-likeness (QED) is 0.653. The molecule has 2 fully saturated rings. The van der Waals surface area contributed by atoms with Gasteiger partial charge in [0.2, 0.25) is 5.91 Å². The van der Waals surface area contributed by atoms with Crippen molar-refractivity contribution in [2.75, 3.05) is 56.2 Å². The van der Waals surface area contributed by atoms with Crippen molar-refractivity contribution in [1.29, 1.82) is 0 Å². The van der Waals surface area contributed by atoms with Gasteiger partial charge in [0.05, 0.1) is 35.3 Å². The van der Waals surface area contributed by atoms with Gasteiger partial charge in [-0.3, -0.25) is 19.4 Å². The van der Waals surface area contributed by atoms with Gasteiger partial charge in [-0.2, -0.15) is 0 Å². The van der Waals surface area contributed by atoms with E-state index in [1.54, 1.807) is 22.7 Å². The molecule has 9 heteroatoms. The van der Waals surface area contributed by atoms with E-state index in [4.69, 9.17) is 16.3 Å². The second kappa shape index (κ2) is 10.7. The Labute approximate surface area is 211 Å². The van der Waals surface area contributed by atoms with Crippen molar-refractivity contribution >= 4 is 40.5 Å². The zero-order valence-electron chi connectivity index (χ0n) is 20.3. The number of aromatic nitrogens is 1. The summed E-state index contributed by atoms with van der Waals surface area (Å²) in [6.07, 6.45) is 6.66. The molecule has 4 heterocycles. The van der Waals surface area contributed by atoms with Crippen LogP contribution in [0.3, 0.4) is 0 Å². The number of carbonyl (C=O) groups excluding carboxylic acids is 2. The van der Waals surface area contributed by atoms with Crippen molar-refractivity contribution in [2.24, 2.45) is 7.05 Å². The van der Waals surface area contributed by atoms with Crippen molar-refractivity contribution < 1.29 is 14.3 Å². The van der Waals surface area contributed by atoms with Gasteiger partial charge >= 0.3 is 0 Å². The first-order valence-electron chi connectivity index (χ1n) is 12.6. The highest BCUT2D eigenvalue weighted by atomic mass is 35.5. The number of anilines is 3. The molecule has 35 heavy (non-hydrogen) atoms. The van der Waals surface area contributed by atoms with Crippen LogP contribution in [0.15, 0.2) is 30.5 Å². The van der Waals surface area contributed by atoms with Crippen LogP contribution in [-0.2, 0) is 16.6 Å². The molecular formula is C26H34ClN5O3. The van der Waals surface area contributed by atoms with E-state index in [0.29, 0.717) is 40.2 Å². The fourth-order valence-electron chi connectivity index (χ4n) is 5.53. The molecule has 188 valence electrons. The first-order chi connectivity index (χ1) is 17.0. The third kappa shape index (κ3) is 5.11. The van der Waals surface area contributed by atoms with Crippen LogP contribution in [0.4, 0.5) is 17.1 Å². The monoisotopic (exact) mass is 499 g/mol. The first-order valence-corrected chi connectivity index (χ1v) is 13.0. The summed E-state index contributed by atoms with van der Waals surface area (Å²) in [5, 5.41) is 3.32. The van der Waals surface area contributed by atoms with Crippen LogP contribution in [0.1, 0.15) is 42.6 Å². The Morgan fingerprint density at radius 2 is 1.97 bits per heavy atom. The SMILES string of the molecule is Cn1cc(Cl)c2c1C(=O)Nc1ccccc1N2C(=O)CCCN1CCOCC1CN1CCCCC1. The lowest BCUT2D eigenvalue weighted by Gasteiger charge is -2.39. The highest BCUT2D eigenvalue weighted by Gasteiger charge is 2.34. The number of carbonyl (C=O) groups is 2. The molecule has 8 nitrogen and oxygen atoms in total. The molecule has 0 radical (unpaired) electrons. The van der Waals surface area contributed by atoms with E-state index in [1.165, 1.54) is 32.4 Å². The summed E-state index contributed by atoms with van der Waals surface area (Å²) in [7, 11) is 1.77. The predicted molar refractivity (Wildman–Crippen MR) is 138 cm³/mol. The Kier molecular flexibility index (Phi) is 7.43. The number of piperidine rings is 1. The molecule has 2 saturated heterocycles. The van der Waals surface area contributed by atoms with E-state index < -0.39 is 0 Å². The van der Waals surface area contributed by atoms with Crippen molar-refractivity contribution in [2.45, 2.75) is 38.1 Å². The maximum Gasteiger partial charge on any atom is 0.274 e. The minimum Gasteiger partial charge on any atom is -0.378 e. The molecule has 2 aromatic rings. The Bertz CT molecular complexity index is 1080. The number of likely N-dealkylation sites (tertiary alicyclic amines) is 1. The number of aryl methyl sites for hydroxylation is 1. The number of hydrogen-bond acceptors (Lipinski definition) is 5. The summed E-state index contributed by atoms with van der Waals surface area (Å²) in [5.41, 5.74) is 2.09. The zero-order chi connectivity index (χ0) is 24.4. The molecule has 0 saturated carbocycles. The largest absolute Gasteiger partial charge is 0.378 e. The number of hydrogen-bond donors (Lipinski definition) is 1. The van der Waals surface area contributed by atoms with Gasteiger partial charge in [-0.05, 0) is 51.0 Å². The lowest BCUT2D eigenvalue weighted by Crippen LogP contribution is -2.52. The molecule has 0 bridgehead atoms. The average molecular weight is 500 g/mol. The molecule has 1 unspecified atom stereocenters. The molecule has 1 atom stereocenters. The van der Waals surface area contributed by atoms with Gasteiger partial charge in [0.25, 0.3) is 5.91 Å². The van der Waals surface area contributed by atoms with Crippen molar-refractivity contribution in [3.63, 3.8) is 0 Å². The molecule has 3 aliphatic rings. The van der Waals surface area contributed by atoms with Gasteiger partial charge in [-0.25, -0.2) is 0 Å². The van der Waals surface area contributed by atoms with Crippen LogP contribution in [0.5, 0.6) is 0 Å². The highest BCUT2D eigenvalue weighted by Crippen LogP contribution is 2.42. The maximum absolute atomic E-state index is 13.7. The molecule has 0 spiro atoms. The van der Waals surface area contributed by atoms with Gasteiger partial charge < -0.3 is 19.5 Å². The maximum atomic E-state index is 13.7. The third-order valence-corrected chi connectivity index (χ3v) is 7.57. The number of nitrogens with zero attached hydrogens (tertiary/aromatic N) is 4. The number of benzene rings is 1. The number of nitrogens with one attached hydrogen (secondary N) is 1. The number of amides is 2.